The van der Waals surface area contributed by atoms with E-state index in [-0.39, 0.29) is 0 Å². The molecule has 0 aliphatic carbocycles. The minimum atomic E-state index is -0.492. The van der Waals surface area contributed by atoms with Gasteiger partial charge in [-0.05, 0) is 46.2 Å². The van der Waals surface area contributed by atoms with Crippen molar-refractivity contribution in [2.45, 2.75) is 45.6 Å². The molecule has 0 saturated carbocycles. The zero-order chi connectivity index (χ0) is 8.74. The summed E-state index contributed by atoms with van der Waals surface area (Å²) in [6, 6.07) is 0. The van der Waals surface area contributed by atoms with E-state index in [1.807, 2.05) is 13.8 Å². The minimum Gasteiger partial charge on any atom is -0.390 e. The van der Waals surface area contributed by atoms with Crippen LogP contribution >= 0.6 is 0 Å². The van der Waals surface area contributed by atoms with Gasteiger partial charge in [-0.25, -0.2) is 0 Å². The Morgan fingerprint density at radius 3 is 2.36 bits per heavy atom. The zero-order valence-electron chi connectivity index (χ0n) is 7.98. The molecule has 0 aromatic heterocycles. The van der Waals surface area contributed by atoms with Gasteiger partial charge in [-0.2, -0.15) is 0 Å². The van der Waals surface area contributed by atoms with Crippen LogP contribution in [0.25, 0.3) is 0 Å². The molecule has 0 aliphatic heterocycles. The Morgan fingerprint density at radius 1 is 1.27 bits per heavy atom. The Balaban J connectivity index is 3.02. The van der Waals surface area contributed by atoms with E-state index in [1.54, 1.807) is 0 Å². The van der Waals surface area contributed by atoms with Crippen molar-refractivity contribution in [3.63, 3.8) is 0 Å². The van der Waals surface area contributed by atoms with Crippen LogP contribution in [-0.2, 0) is 0 Å². The Bertz CT molecular complexity index is 86.1. The summed E-state index contributed by atoms with van der Waals surface area (Å²) in [7, 11) is 0. The van der Waals surface area contributed by atoms with E-state index >= 15 is 0 Å². The van der Waals surface area contributed by atoms with E-state index in [0.717, 1.165) is 25.9 Å². The van der Waals surface area contributed by atoms with Gasteiger partial charge in [0.2, 0.25) is 0 Å². The molecular weight excluding hydrogens is 138 g/mol. The lowest BCUT2D eigenvalue weighted by Crippen LogP contribution is -2.22. The van der Waals surface area contributed by atoms with E-state index in [1.165, 1.54) is 6.42 Å². The van der Waals surface area contributed by atoms with E-state index < -0.39 is 5.60 Å². The standard InChI is InChI=1S/C9H21NO/c1-4-7-10-8-5-6-9(2,3)11/h10-11H,4-8H2,1-3H3. The Morgan fingerprint density at radius 2 is 1.91 bits per heavy atom. The molecule has 0 radical (unpaired) electrons. The fraction of sp³-hybridized carbons (Fsp3) is 1.00. The van der Waals surface area contributed by atoms with Crippen LogP contribution in [0.5, 0.6) is 0 Å². The van der Waals surface area contributed by atoms with Gasteiger partial charge in [-0.3, -0.25) is 0 Å². The molecule has 0 rings (SSSR count). The van der Waals surface area contributed by atoms with Gasteiger partial charge in [-0.1, -0.05) is 6.92 Å². The maximum Gasteiger partial charge on any atom is 0.0592 e. The van der Waals surface area contributed by atoms with Gasteiger partial charge in [0.25, 0.3) is 0 Å². The highest BCUT2D eigenvalue weighted by Gasteiger charge is 2.10. The average molecular weight is 159 g/mol. The molecule has 0 saturated heterocycles. The fourth-order valence-electron chi connectivity index (χ4n) is 0.948. The summed E-state index contributed by atoms with van der Waals surface area (Å²) < 4.78 is 0. The molecule has 0 spiro atoms. The number of aliphatic hydroxyl groups is 1. The van der Waals surface area contributed by atoms with Gasteiger partial charge in [0.1, 0.15) is 0 Å². The zero-order valence-corrected chi connectivity index (χ0v) is 7.98. The molecule has 0 atom stereocenters. The van der Waals surface area contributed by atoms with Crippen LogP contribution < -0.4 is 5.32 Å². The van der Waals surface area contributed by atoms with E-state index in [2.05, 4.69) is 12.2 Å². The minimum absolute atomic E-state index is 0.492. The van der Waals surface area contributed by atoms with Gasteiger partial charge in [0.15, 0.2) is 0 Å². The molecule has 0 bridgehead atoms. The summed E-state index contributed by atoms with van der Waals surface area (Å²) in [5.74, 6) is 0. The largest absolute Gasteiger partial charge is 0.390 e. The summed E-state index contributed by atoms with van der Waals surface area (Å²) in [5, 5.41) is 12.6. The van der Waals surface area contributed by atoms with Gasteiger partial charge < -0.3 is 10.4 Å². The summed E-state index contributed by atoms with van der Waals surface area (Å²) in [6.45, 7) is 7.98. The van der Waals surface area contributed by atoms with Gasteiger partial charge in [0.05, 0.1) is 5.60 Å². The molecule has 11 heavy (non-hydrogen) atoms. The van der Waals surface area contributed by atoms with Crippen molar-refractivity contribution in [3.05, 3.63) is 0 Å². The quantitative estimate of drug-likeness (QED) is 0.576. The molecule has 0 amide bonds. The van der Waals surface area contributed by atoms with E-state index in [9.17, 15) is 5.11 Å². The van der Waals surface area contributed by atoms with Crippen LogP contribution in [0, 0.1) is 0 Å². The second-order valence-corrected chi connectivity index (χ2v) is 3.67. The van der Waals surface area contributed by atoms with Crippen molar-refractivity contribution < 1.29 is 5.11 Å². The molecular formula is C9H21NO. The molecule has 68 valence electrons. The highest BCUT2D eigenvalue weighted by molar-refractivity contribution is 4.64. The third-order valence-corrected chi connectivity index (χ3v) is 1.57. The summed E-state index contributed by atoms with van der Waals surface area (Å²) in [4.78, 5) is 0. The maximum atomic E-state index is 9.35. The predicted molar refractivity (Wildman–Crippen MR) is 48.7 cm³/mol. The number of rotatable bonds is 6. The average Bonchev–Trinajstić information content (AvgIpc) is 1.85. The van der Waals surface area contributed by atoms with Gasteiger partial charge in [-0.15, -0.1) is 0 Å². The summed E-state index contributed by atoms with van der Waals surface area (Å²) in [5.41, 5.74) is -0.492. The van der Waals surface area contributed by atoms with Gasteiger partial charge >= 0.3 is 0 Å². The van der Waals surface area contributed by atoms with E-state index in [4.69, 9.17) is 0 Å². The Labute approximate surface area is 70.0 Å². The van der Waals surface area contributed by atoms with Crippen molar-refractivity contribution >= 4 is 0 Å². The molecule has 0 aromatic rings. The van der Waals surface area contributed by atoms with Crippen molar-refractivity contribution in [3.8, 4) is 0 Å². The molecule has 0 unspecified atom stereocenters. The smallest absolute Gasteiger partial charge is 0.0592 e. The van der Waals surface area contributed by atoms with Crippen molar-refractivity contribution in [2.75, 3.05) is 13.1 Å². The SMILES string of the molecule is CCCNCCCC(C)(C)O. The normalized spacial score (nSPS) is 12.0. The topological polar surface area (TPSA) is 32.3 Å². The lowest BCUT2D eigenvalue weighted by Gasteiger charge is -2.16. The van der Waals surface area contributed by atoms with Crippen LogP contribution in [0.15, 0.2) is 0 Å². The van der Waals surface area contributed by atoms with Crippen LogP contribution in [0.3, 0.4) is 0 Å². The maximum absolute atomic E-state index is 9.35. The second-order valence-electron chi connectivity index (χ2n) is 3.67. The van der Waals surface area contributed by atoms with Crippen LogP contribution in [0.4, 0.5) is 0 Å². The van der Waals surface area contributed by atoms with Crippen LogP contribution in [-0.4, -0.2) is 23.8 Å². The monoisotopic (exact) mass is 159 g/mol. The third kappa shape index (κ3) is 9.92. The molecule has 0 aliphatic rings. The number of hydrogen-bond acceptors (Lipinski definition) is 2. The van der Waals surface area contributed by atoms with Crippen LogP contribution in [0.1, 0.15) is 40.0 Å². The Hall–Kier alpha value is -0.0800. The third-order valence-electron chi connectivity index (χ3n) is 1.57. The van der Waals surface area contributed by atoms with Gasteiger partial charge in [0, 0.05) is 0 Å². The number of hydrogen-bond donors (Lipinski definition) is 2. The molecule has 0 heterocycles. The highest BCUT2D eigenvalue weighted by Crippen LogP contribution is 2.08. The predicted octanol–water partition coefficient (Wildman–Crippen LogP) is 1.54. The molecule has 2 N–H and O–H groups in total. The van der Waals surface area contributed by atoms with Crippen molar-refractivity contribution in [1.82, 2.24) is 5.32 Å². The van der Waals surface area contributed by atoms with Crippen molar-refractivity contribution in [2.24, 2.45) is 0 Å². The molecule has 0 fully saturated rings. The lowest BCUT2D eigenvalue weighted by atomic mass is 10.0. The highest BCUT2D eigenvalue weighted by atomic mass is 16.3. The molecule has 2 nitrogen and oxygen atoms in total. The second kappa shape index (κ2) is 5.56. The first kappa shape index (κ1) is 10.9. The summed E-state index contributed by atoms with van der Waals surface area (Å²) in [6.07, 6.45) is 3.12. The first-order chi connectivity index (χ1) is 5.06. The molecule has 0 aromatic carbocycles. The number of nitrogens with one attached hydrogen (secondary N) is 1. The fourth-order valence-corrected chi connectivity index (χ4v) is 0.948. The van der Waals surface area contributed by atoms with E-state index in [0.29, 0.717) is 0 Å². The first-order valence-corrected chi connectivity index (χ1v) is 4.49. The Kier molecular flexibility index (Phi) is 5.51. The first-order valence-electron chi connectivity index (χ1n) is 4.49. The lowest BCUT2D eigenvalue weighted by molar-refractivity contribution is 0.0689. The summed E-state index contributed by atoms with van der Waals surface area (Å²) >= 11 is 0. The molecule has 2 heteroatoms. The van der Waals surface area contributed by atoms with Crippen molar-refractivity contribution in [1.29, 1.82) is 0 Å². The van der Waals surface area contributed by atoms with Crippen LogP contribution in [0.2, 0.25) is 0 Å².